The van der Waals surface area contributed by atoms with Crippen molar-refractivity contribution in [2.45, 2.75) is 19.8 Å². The average Bonchev–Trinajstić information content (AvgIpc) is 2.47. The summed E-state index contributed by atoms with van der Waals surface area (Å²) in [5.74, 6) is 0.0394. The second-order valence-electron chi connectivity index (χ2n) is 5.13. The molecular formula is C18H18FNO. The van der Waals surface area contributed by atoms with Crippen molar-refractivity contribution in [3.05, 3.63) is 77.8 Å². The molecule has 0 radical (unpaired) electrons. The van der Waals surface area contributed by atoms with Crippen molar-refractivity contribution in [3.8, 4) is 0 Å². The van der Waals surface area contributed by atoms with Crippen LogP contribution in [0, 0.1) is 5.82 Å². The fourth-order valence-corrected chi connectivity index (χ4v) is 1.92. The van der Waals surface area contributed by atoms with Crippen LogP contribution in [0.15, 0.2) is 60.8 Å². The van der Waals surface area contributed by atoms with E-state index in [0.717, 1.165) is 0 Å². The van der Waals surface area contributed by atoms with Crippen molar-refractivity contribution >= 4 is 11.5 Å². The quantitative estimate of drug-likeness (QED) is 0.633. The maximum absolute atomic E-state index is 13.0. The third-order valence-electron chi connectivity index (χ3n) is 3.17. The van der Waals surface area contributed by atoms with Crippen LogP contribution in [0.1, 0.15) is 35.7 Å². The first kappa shape index (κ1) is 15.0. The molecule has 0 spiro atoms. The molecule has 0 bridgehead atoms. The van der Waals surface area contributed by atoms with E-state index >= 15 is 0 Å². The second-order valence-corrected chi connectivity index (χ2v) is 5.13. The van der Waals surface area contributed by atoms with Crippen molar-refractivity contribution in [1.82, 2.24) is 0 Å². The van der Waals surface area contributed by atoms with Gasteiger partial charge in [-0.15, -0.1) is 0 Å². The number of allylic oxidation sites excluding steroid dienone is 1. The minimum absolute atomic E-state index is 0.0887. The molecule has 0 atom stereocenters. The van der Waals surface area contributed by atoms with Gasteiger partial charge in [0.2, 0.25) is 0 Å². The van der Waals surface area contributed by atoms with Gasteiger partial charge in [-0.3, -0.25) is 4.79 Å². The van der Waals surface area contributed by atoms with Crippen LogP contribution in [0.2, 0.25) is 0 Å². The van der Waals surface area contributed by atoms with E-state index in [1.165, 1.54) is 30.0 Å². The first-order chi connectivity index (χ1) is 10.1. The summed E-state index contributed by atoms with van der Waals surface area (Å²) in [5.41, 5.74) is 2.44. The van der Waals surface area contributed by atoms with Gasteiger partial charge in [-0.1, -0.05) is 44.2 Å². The number of ketones is 1. The average molecular weight is 283 g/mol. The molecule has 1 N–H and O–H groups in total. The summed E-state index contributed by atoms with van der Waals surface area (Å²) < 4.78 is 13.0. The Kier molecular flexibility index (Phi) is 4.88. The number of hydrogen-bond acceptors (Lipinski definition) is 2. The van der Waals surface area contributed by atoms with E-state index in [9.17, 15) is 9.18 Å². The highest BCUT2D eigenvalue weighted by atomic mass is 19.1. The molecule has 0 unspecified atom stereocenters. The first-order valence-electron chi connectivity index (χ1n) is 6.89. The third-order valence-corrected chi connectivity index (χ3v) is 3.17. The van der Waals surface area contributed by atoms with Gasteiger partial charge in [-0.05, 0) is 29.7 Å². The van der Waals surface area contributed by atoms with Gasteiger partial charge in [0.1, 0.15) is 5.82 Å². The Morgan fingerprint density at radius 2 is 1.86 bits per heavy atom. The van der Waals surface area contributed by atoms with Gasteiger partial charge in [0, 0.05) is 23.5 Å². The molecule has 2 aromatic rings. The lowest BCUT2D eigenvalue weighted by Gasteiger charge is -2.05. The second kappa shape index (κ2) is 6.84. The summed E-state index contributed by atoms with van der Waals surface area (Å²) in [7, 11) is 0. The maximum atomic E-state index is 13.0. The Bertz CT molecular complexity index is 645. The Morgan fingerprint density at radius 1 is 1.14 bits per heavy atom. The molecule has 2 rings (SSSR count). The summed E-state index contributed by atoms with van der Waals surface area (Å²) >= 11 is 0. The van der Waals surface area contributed by atoms with Crippen molar-refractivity contribution in [3.63, 3.8) is 0 Å². The highest BCUT2D eigenvalue weighted by Crippen LogP contribution is 2.15. The van der Waals surface area contributed by atoms with Crippen LogP contribution < -0.4 is 5.32 Å². The third kappa shape index (κ3) is 4.28. The molecule has 3 heteroatoms. The molecule has 21 heavy (non-hydrogen) atoms. The molecule has 0 aromatic heterocycles. The lowest BCUT2D eigenvalue weighted by atomic mass is 10.0. The number of hydrogen-bond donors (Lipinski definition) is 1. The van der Waals surface area contributed by atoms with Crippen LogP contribution in [-0.4, -0.2) is 5.78 Å². The molecule has 0 fully saturated rings. The Morgan fingerprint density at radius 3 is 2.48 bits per heavy atom. The number of nitrogens with one attached hydrogen (secondary N) is 1. The van der Waals surface area contributed by atoms with Crippen LogP contribution >= 0.6 is 0 Å². The number of carbonyl (C=O) groups excluding carboxylic acids is 1. The summed E-state index contributed by atoms with van der Waals surface area (Å²) in [6.07, 6.45) is 2.96. The molecule has 0 heterocycles. The molecule has 108 valence electrons. The van der Waals surface area contributed by atoms with Gasteiger partial charge < -0.3 is 5.32 Å². The van der Waals surface area contributed by atoms with E-state index in [-0.39, 0.29) is 11.6 Å². The van der Waals surface area contributed by atoms with E-state index in [1.807, 2.05) is 24.3 Å². The summed E-state index contributed by atoms with van der Waals surface area (Å²) in [5, 5.41) is 2.87. The molecule has 0 aliphatic carbocycles. The zero-order valence-corrected chi connectivity index (χ0v) is 12.1. The zero-order chi connectivity index (χ0) is 15.2. The first-order valence-corrected chi connectivity index (χ1v) is 6.89. The van der Waals surface area contributed by atoms with Gasteiger partial charge in [-0.2, -0.15) is 0 Å². The number of anilines is 1. The van der Waals surface area contributed by atoms with E-state index < -0.39 is 0 Å². The molecule has 0 amide bonds. The van der Waals surface area contributed by atoms with E-state index in [2.05, 4.69) is 19.2 Å². The summed E-state index contributed by atoms with van der Waals surface area (Å²) in [6.45, 7) is 4.22. The summed E-state index contributed by atoms with van der Waals surface area (Å²) in [6, 6.07) is 13.7. The van der Waals surface area contributed by atoms with E-state index in [0.29, 0.717) is 17.2 Å². The number of rotatable bonds is 5. The Hall–Kier alpha value is -2.42. The smallest absolute Gasteiger partial charge is 0.187 e. The van der Waals surface area contributed by atoms with Crippen molar-refractivity contribution in [2.24, 2.45) is 0 Å². The van der Waals surface area contributed by atoms with Gasteiger partial charge in [0.25, 0.3) is 0 Å². The highest BCUT2D eigenvalue weighted by Gasteiger charge is 2.03. The van der Waals surface area contributed by atoms with Crippen LogP contribution in [0.5, 0.6) is 0 Å². The molecule has 0 saturated carbocycles. The summed E-state index contributed by atoms with van der Waals surface area (Å²) in [4.78, 5) is 12.0. The molecule has 0 saturated heterocycles. The molecular weight excluding hydrogens is 265 g/mol. The van der Waals surface area contributed by atoms with Crippen LogP contribution in [0.4, 0.5) is 10.1 Å². The normalized spacial score (nSPS) is 11.0. The van der Waals surface area contributed by atoms with Crippen molar-refractivity contribution in [1.29, 1.82) is 0 Å². The van der Waals surface area contributed by atoms with Gasteiger partial charge >= 0.3 is 0 Å². The number of benzene rings is 2. The van der Waals surface area contributed by atoms with Crippen molar-refractivity contribution in [2.75, 3.05) is 5.32 Å². The monoisotopic (exact) mass is 283 g/mol. The molecule has 2 nitrogen and oxygen atoms in total. The minimum Gasteiger partial charge on any atom is -0.361 e. The molecule has 0 aliphatic rings. The van der Waals surface area contributed by atoms with Gasteiger partial charge in [0.05, 0.1) is 0 Å². The van der Waals surface area contributed by atoms with E-state index in [4.69, 9.17) is 0 Å². The lowest BCUT2D eigenvalue weighted by Crippen LogP contribution is -1.97. The van der Waals surface area contributed by atoms with Crippen LogP contribution in [0.3, 0.4) is 0 Å². The standard InChI is InChI=1S/C18H18FNO/c1-13(2)14-6-8-15(9-7-14)18(21)10-11-20-17-5-3-4-16(19)12-17/h3-13,20H,1-2H3/b11-10+. The van der Waals surface area contributed by atoms with Gasteiger partial charge in [-0.25, -0.2) is 4.39 Å². The van der Waals surface area contributed by atoms with Crippen LogP contribution in [0.25, 0.3) is 0 Å². The number of carbonyl (C=O) groups is 1. The fourth-order valence-electron chi connectivity index (χ4n) is 1.92. The topological polar surface area (TPSA) is 29.1 Å². The minimum atomic E-state index is -0.316. The Balaban J connectivity index is 1.99. The van der Waals surface area contributed by atoms with Gasteiger partial charge in [0.15, 0.2) is 5.78 Å². The lowest BCUT2D eigenvalue weighted by molar-refractivity contribution is 0.104. The predicted octanol–water partition coefficient (Wildman–Crippen LogP) is 4.76. The van der Waals surface area contributed by atoms with Crippen LogP contribution in [-0.2, 0) is 0 Å². The fraction of sp³-hybridized carbons (Fsp3) is 0.167. The SMILES string of the molecule is CC(C)c1ccc(C(=O)/C=C/Nc2cccc(F)c2)cc1. The largest absolute Gasteiger partial charge is 0.361 e. The highest BCUT2D eigenvalue weighted by molar-refractivity contribution is 6.04. The predicted molar refractivity (Wildman–Crippen MR) is 84.0 cm³/mol. The zero-order valence-electron chi connectivity index (χ0n) is 12.1. The van der Waals surface area contributed by atoms with Crippen molar-refractivity contribution < 1.29 is 9.18 Å². The number of halogens is 1. The maximum Gasteiger partial charge on any atom is 0.187 e. The van der Waals surface area contributed by atoms with E-state index in [1.54, 1.807) is 12.1 Å². The Labute approximate surface area is 124 Å². The molecule has 0 aliphatic heterocycles. The molecule has 2 aromatic carbocycles.